The Kier molecular flexibility index (Phi) is 8.68. The molecule has 1 heterocycles. The molecule has 0 saturated carbocycles. The molecule has 3 rings (SSSR count). The standard InChI is InChI=1S/C20H23O2S.Y/c21-14-16-5-1-9-19(13-16)22-15-18-8-2-6-17(18)7-3-10-20-11-4-12-23-20;/h1,4-6,9,11,13,18,21H,2-3,7-8,10,14-15H2;/q-1;/t18-;/m1./s1. The smallest absolute Gasteiger partial charge is 0.119 e. The maximum absolute atomic E-state index is 9.19. The van der Waals surface area contributed by atoms with Gasteiger partial charge in [0.15, 0.2) is 0 Å². The summed E-state index contributed by atoms with van der Waals surface area (Å²) in [6.45, 7) is 0.805. The average molecular weight is 416 g/mol. The topological polar surface area (TPSA) is 29.5 Å². The molecule has 125 valence electrons. The number of aryl methyl sites for hydroxylation is 1. The molecule has 1 aromatic heterocycles. The van der Waals surface area contributed by atoms with Crippen molar-refractivity contribution in [2.45, 2.75) is 38.7 Å². The first-order valence-corrected chi connectivity index (χ1v) is 9.13. The van der Waals surface area contributed by atoms with Gasteiger partial charge < -0.3 is 21.2 Å². The Labute approximate surface area is 173 Å². The van der Waals surface area contributed by atoms with Crippen LogP contribution in [0.15, 0.2) is 48.0 Å². The van der Waals surface area contributed by atoms with Crippen LogP contribution in [0.2, 0.25) is 0 Å². The molecule has 0 amide bonds. The molecule has 0 unspecified atom stereocenters. The molecule has 0 bridgehead atoms. The van der Waals surface area contributed by atoms with Crippen LogP contribution in [0.25, 0.3) is 0 Å². The van der Waals surface area contributed by atoms with Gasteiger partial charge in [0, 0.05) is 38.6 Å². The zero-order valence-corrected chi connectivity index (χ0v) is 17.6. The van der Waals surface area contributed by atoms with Gasteiger partial charge in [-0.1, -0.05) is 36.6 Å². The summed E-state index contributed by atoms with van der Waals surface area (Å²) >= 11 is 1.73. The third-order valence-electron chi connectivity index (χ3n) is 4.39. The Hall–Kier alpha value is -0.476. The second-order valence-corrected chi connectivity index (χ2v) is 7.01. The molecule has 2 nitrogen and oxygen atoms in total. The Morgan fingerprint density at radius 3 is 2.96 bits per heavy atom. The van der Waals surface area contributed by atoms with Gasteiger partial charge in [-0.3, -0.25) is 0 Å². The SMILES string of the molecule is OCc1cccc(OC[C@H]2CCC=C2CCCc2cc[c-]s2)c1.[Y]. The number of rotatable bonds is 8. The Balaban J connectivity index is 0.00000208. The second-order valence-electron chi connectivity index (χ2n) is 6.04. The molecular weight excluding hydrogens is 393 g/mol. The van der Waals surface area contributed by atoms with Gasteiger partial charge in [0.25, 0.3) is 0 Å². The van der Waals surface area contributed by atoms with Gasteiger partial charge in [0.1, 0.15) is 5.75 Å². The van der Waals surface area contributed by atoms with Crippen molar-refractivity contribution >= 4 is 11.3 Å². The molecule has 1 aromatic carbocycles. The first-order chi connectivity index (χ1) is 11.3. The number of thiophene rings is 1. The second kappa shape index (κ2) is 10.5. The van der Waals surface area contributed by atoms with Gasteiger partial charge in [-0.15, -0.1) is 10.3 Å². The van der Waals surface area contributed by atoms with Gasteiger partial charge in [-0.05, 0) is 37.0 Å². The van der Waals surface area contributed by atoms with Crippen LogP contribution in [0.5, 0.6) is 5.75 Å². The van der Waals surface area contributed by atoms with Crippen molar-refractivity contribution in [3.8, 4) is 5.75 Å². The number of allylic oxidation sites excluding steroid dienone is 1. The molecule has 0 aliphatic heterocycles. The minimum atomic E-state index is 0. The van der Waals surface area contributed by atoms with Gasteiger partial charge >= 0.3 is 0 Å². The van der Waals surface area contributed by atoms with Crippen molar-refractivity contribution < 1.29 is 42.6 Å². The minimum absolute atomic E-state index is 0. The van der Waals surface area contributed by atoms with Crippen molar-refractivity contribution in [3.05, 3.63) is 63.9 Å². The molecule has 1 atom stereocenters. The van der Waals surface area contributed by atoms with E-state index in [9.17, 15) is 5.11 Å². The maximum atomic E-state index is 9.19. The number of aliphatic hydroxyl groups excluding tert-OH is 1. The van der Waals surface area contributed by atoms with Gasteiger partial charge in [0.2, 0.25) is 0 Å². The van der Waals surface area contributed by atoms with E-state index in [0.717, 1.165) is 24.3 Å². The van der Waals surface area contributed by atoms with Crippen molar-refractivity contribution in [2.75, 3.05) is 6.61 Å². The van der Waals surface area contributed by atoms with Crippen LogP contribution in [0, 0.1) is 11.3 Å². The van der Waals surface area contributed by atoms with E-state index >= 15 is 0 Å². The molecule has 1 radical (unpaired) electrons. The molecule has 1 aliphatic carbocycles. The van der Waals surface area contributed by atoms with Crippen molar-refractivity contribution in [1.82, 2.24) is 0 Å². The van der Waals surface area contributed by atoms with Crippen LogP contribution < -0.4 is 4.74 Å². The Morgan fingerprint density at radius 1 is 1.25 bits per heavy atom. The predicted molar refractivity (Wildman–Crippen MR) is 94.8 cm³/mol. The van der Waals surface area contributed by atoms with Crippen molar-refractivity contribution in [1.29, 1.82) is 0 Å². The molecule has 0 fully saturated rings. The van der Waals surface area contributed by atoms with Crippen molar-refractivity contribution in [3.63, 3.8) is 0 Å². The van der Waals surface area contributed by atoms with Crippen LogP contribution >= 0.6 is 11.3 Å². The fourth-order valence-corrected chi connectivity index (χ4v) is 3.79. The Bertz CT molecular complexity index is 637. The monoisotopic (exact) mass is 416 g/mol. The van der Waals surface area contributed by atoms with Gasteiger partial charge in [-0.2, -0.15) is 6.07 Å². The van der Waals surface area contributed by atoms with E-state index in [1.165, 1.54) is 30.6 Å². The number of aliphatic hydroxyl groups is 1. The first-order valence-electron chi connectivity index (χ1n) is 8.31. The van der Waals surface area contributed by atoms with E-state index in [4.69, 9.17) is 4.74 Å². The molecule has 4 heteroatoms. The van der Waals surface area contributed by atoms with Gasteiger partial charge in [-0.25, -0.2) is 6.07 Å². The first kappa shape index (κ1) is 19.8. The zero-order valence-electron chi connectivity index (χ0n) is 13.9. The molecule has 2 aromatic rings. The quantitative estimate of drug-likeness (QED) is 0.496. The molecule has 0 spiro atoms. The summed E-state index contributed by atoms with van der Waals surface area (Å²) in [5.41, 5.74) is 2.46. The molecule has 1 aliphatic rings. The van der Waals surface area contributed by atoms with Crippen LogP contribution in [-0.2, 0) is 45.7 Å². The summed E-state index contributed by atoms with van der Waals surface area (Å²) in [4.78, 5) is 1.43. The fraction of sp³-hybridized carbons (Fsp3) is 0.400. The predicted octanol–water partition coefficient (Wildman–Crippen LogP) is 4.78. The van der Waals surface area contributed by atoms with E-state index in [1.807, 2.05) is 30.3 Å². The van der Waals surface area contributed by atoms with Crippen LogP contribution in [0.3, 0.4) is 0 Å². The summed E-state index contributed by atoms with van der Waals surface area (Å²) in [7, 11) is 0. The third-order valence-corrected chi connectivity index (χ3v) is 5.25. The van der Waals surface area contributed by atoms with Crippen LogP contribution in [-0.4, -0.2) is 11.7 Å². The van der Waals surface area contributed by atoms with E-state index < -0.39 is 0 Å². The van der Waals surface area contributed by atoms with Crippen molar-refractivity contribution in [2.24, 2.45) is 5.92 Å². The van der Waals surface area contributed by atoms with E-state index in [2.05, 4.69) is 17.5 Å². The summed E-state index contributed by atoms with van der Waals surface area (Å²) in [5, 5.41) is 12.3. The van der Waals surface area contributed by atoms with Crippen LogP contribution in [0.4, 0.5) is 0 Å². The van der Waals surface area contributed by atoms with E-state index in [0.29, 0.717) is 5.92 Å². The minimum Gasteiger partial charge on any atom is -0.493 e. The maximum Gasteiger partial charge on any atom is 0.119 e. The summed E-state index contributed by atoms with van der Waals surface area (Å²) < 4.78 is 5.96. The summed E-state index contributed by atoms with van der Waals surface area (Å²) in [6, 6.07) is 11.9. The molecule has 1 N–H and O–H groups in total. The van der Waals surface area contributed by atoms with E-state index in [1.54, 1.807) is 16.9 Å². The molecular formula is C20H23O2SY-. The van der Waals surface area contributed by atoms with E-state index in [-0.39, 0.29) is 39.3 Å². The third kappa shape index (κ3) is 5.80. The van der Waals surface area contributed by atoms with Crippen LogP contribution in [0.1, 0.15) is 36.1 Å². The number of benzene rings is 1. The molecule has 24 heavy (non-hydrogen) atoms. The number of ether oxygens (including phenoxy) is 1. The normalized spacial score (nSPS) is 16.5. The fourth-order valence-electron chi connectivity index (χ4n) is 3.12. The number of hydrogen-bond acceptors (Lipinski definition) is 3. The zero-order chi connectivity index (χ0) is 15.9. The molecule has 0 saturated heterocycles. The van der Waals surface area contributed by atoms with Gasteiger partial charge in [0.05, 0.1) is 13.2 Å². The summed E-state index contributed by atoms with van der Waals surface area (Å²) in [6.07, 6.45) is 8.30. The largest absolute Gasteiger partial charge is 0.493 e. The summed E-state index contributed by atoms with van der Waals surface area (Å²) in [5.74, 6) is 1.40. The average Bonchev–Trinajstić information content (AvgIpc) is 3.25. The Morgan fingerprint density at radius 2 is 2.17 bits per heavy atom. The number of hydrogen-bond donors (Lipinski definition) is 1.